The summed E-state index contributed by atoms with van der Waals surface area (Å²) in [4.78, 5) is 26.6. The molecule has 2 amide bonds. The number of alkyl carbamates (subject to hydrolysis) is 1. The highest BCUT2D eigenvalue weighted by Gasteiger charge is 2.30. The summed E-state index contributed by atoms with van der Waals surface area (Å²) in [6, 6.07) is 15.3. The summed E-state index contributed by atoms with van der Waals surface area (Å²) in [7, 11) is 0. The van der Waals surface area contributed by atoms with Gasteiger partial charge >= 0.3 is 6.09 Å². The first-order chi connectivity index (χ1) is 13.6. The largest absolute Gasteiger partial charge is 0.445 e. The van der Waals surface area contributed by atoms with Crippen molar-refractivity contribution in [1.29, 1.82) is 0 Å². The molecule has 28 heavy (non-hydrogen) atoms. The summed E-state index contributed by atoms with van der Waals surface area (Å²) in [6.07, 6.45) is 1.65. The number of benzene rings is 2. The molecule has 3 rings (SSSR count). The topological polar surface area (TPSA) is 70.7 Å². The van der Waals surface area contributed by atoms with Crippen molar-refractivity contribution in [2.45, 2.75) is 26.1 Å². The number of amides is 2. The molecule has 2 aromatic rings. The zero-order chi connectivity index (χ0) is 19.9. The monoisotopic (exact) mass is 379 g/mol. The maximum absolute atomic E-state index is 12.5. The van der Waals surface area contributed by atoms with Crippen molar-refractivity contribution >= 4 is 17.7 Å². The molecule has 1 atom stereocenters. The van der Waals surface area contributed by atoms with Crippen LogP contribution in [0.25, 0.3) is 0 Å². The van der Waals surface area contributed by atoms with Gasteiger partial charge in [0.25, 0.3) is 5.91 Å². The van der Waals surface area contributed by atoms with E-state index in [1.807, 2.05) is 55.5 Å². The molecule has 0 radical (unpaired) electrons. The molecule has 0 aromatic heterocycles. The number of hydrogen-bond acceptors (Lipinski definition) is 4. The van der Waals surface area contributed by atoms with Crippen molar-refractivity contribution in [3.63, 3.8) is 0 Å². The number of anilines is 1. The SMILES string of the molecule is C=CCN1c2cccc(C)c2C(=O)NC1CCNC(=O)OCc1ccccc1. The molecule has 6 heteroatoms. The zero-order valence-electron chi connectivity index (χ0n) is 16.0. The molecular formula is C22H25N3O3. The Balaban J connectivity index is 1.56. The number of nitrogens with zero attached hydrogens (tertiary/aromatic N) is 1. The van der Waals surface area contributed by atoms with E-state index in [4.69, 9.17) is 4.74 Å². The van der Waals surface area contributed by atoms with Crippen LogP contribution in [0, 0.1) is 6.92 Å². The van der Waals surface area contributed by atoms with Crippen molar-refractivity contribution in [2.24, 2.45) is 0 Å². The summed E-state index contributed by atoms with van der Waals surface area (Å²) >= 11 is 0. The van der Waals surface area contributed by atoms with Gasteiger partial charge in [0.15, 0.2) is 0 Å². The second-order valence-electron chi connectivity index (χ2n) is 6.68. The third-order valence-electron chi connectivity index (χ3n) is 4.69. The van der Waals surface area contributed by atoms with E-state index in [9.17, 15) is 9.59 Å². The fourth-order valence-electron chi connectivity index (χ4n) is 3.33. The van der Waals surface area contributed by atoms with Gasteiger partial charge in [0.2, 0.25) is 0 Å². The zero-order valence-corrected chi connectivity index (χ0v) is 16.0. The molecule has 0 saturated heterocycles. The summed E-state index contributed by atoms with van der Waals surface area (Å²) in [5, 5.41) is 5.78. The fourth-order valence-corrected chi connectivity index (χ4v) is 3.33. The van der Waals surface area contributed by atoms with Gasteiger partial charge in [-0.05, 0) is 24.1 Å². The summed E-state index contributed by atoms with van der Waals surface area (Å²) in [6.45, 7) is 6.95. The van der Waals surface area contributed by atoms with Gasteiger partial charge in [-0.25, -0.2) is 4.79 Å². The lowest BCUT2D eigenvalue weighted by Gasteiger charge is -2.39. The van der Waals surface area contributed by atoms with Gasteiger partial charge in [-0.2, -0.15) is 0 Å². The van der Waals surface area contributed by atoms with Crippen molar-refractivity contribution in [2.75, 3.05) is 18.0 Å². The molecule has 0 bridgehead atoms. The smallest absolute Gasteiger partial charge is 0.407 e. The number of ether oxygens (including phenoxy) is 1. The van der Waals surface area contributed by atoms with Crippen LogP contribution in [-0.4, -0.2) is 31.3 Å². The highest BCUT2D eigenvalue weighted by Crippen LogP contribution is 2.29. The lowest BCUT2D eigenvalue weighted by atomic mass is 10.0. The van der Waals surface area contributed by atoms with Crippen LogP contribution in [0.1, 0.15) is 27.9 Å². The highest BCUT2D eigenvalue weighted by molar-refractivity contribution is 6.03. The van der Waals surface area contributed by atoms with Gasteiger partial charge in [-0.3, -0.25) is 4.79 Å². The molecule has 1 aliphatic rings. The van der Waals surface area contributed by atoms with Crippen LogP contribution in [0.5, 0.6) is 0 Å². The molecule has 1 aliphatic heterocycles. The summed E-state index contributed by atoms with van der Waals surface area (Å²) in [5.41, 5.74) is 3.45. The van der Waals surface area contributed by atoms with Crippen molar-refractivity contribution in [3.8, 4) is 0 Å². The van der Waals surface area contributed by atoms with E-state index < -0.39 is 6.09 Å². The van der Waals surface area contributed by atoms with Gasteiger partial charge in [-0.1, -0.05) is 48.5 Å². The third kappa shape index (κ3) is 4.52. The maximum atomic E-state index is 12.5. The third-order valence-corrected chi connectivity index (χ3v) is 4.69. The molecule has 1 unspecified atom stereocenters. The van der Waals surface area contributed by atoms with Gasteiger partial charge in [-0.15, -0.1) is 6.58 Å². The van der Waals surface area contributed by atoms with Crippen LogP contribution < -0.4 is 15.5 Å². The number of carbonyl (C=O) groups excluding carboxylic acids is 2. The Hall–Kier alpha value is -3.28. The lowest BCUT2D eigenvalue weighted by molar-refractivity contribution is 0.0924. The first-order valence-corrected chi connectivity index (χ1v) is 9.32. The van der Waals surface area contributed by atoms with E-state index in [2.05, 4.69) is 22.1 Å². The van der Waals surface area contributed by atoms with E-state index in [-0.39, 0.29) is 18.7 Å². The highest BCUT2D eigenvalue weighted by atomic mass is 16.5. The molecular weight excluding hydrogens is 354 g/mol. The molecule has 6 nitrogen and oxygen atoms in total. The van der Waals surface area contributed by atoms with E-state index in [0.717, 1.165) is 16.8 Å². The minimum absolute atomic E-state index is 0.0925. The van der Waals surface area contributed by atoms with Gasteiger partial charge in [0.05, 0.1) is 11.3 Å². The molecule has 2 aromatic carbocycles. The maximum Gasteiger partial charge on any atom is 0.407 e. The molecule has 0 spiro atoms. The minimum atomic E-state index is -0.475. The first kappa shape index (κ1) is 19.5. The van der Waals surface area contributed by atoms with Crippen LogP contribution in [0.15, 0.2) is 61.2 Å². The Morgan fingerprint density at radius 2 is 2.04 bits per heavy atom. The Kier molecular flexibility index (Phi) is 6.32. The number of hydrogen-bond donors (Lipinski definition) is 2. The standard InChI is InChI=1S/C22H25N3O3/c1-3-14-25-18-11-7-8-16(2)20(18)21(26)24-19(25)12-13-23-22(27)28-15-17-9-5-4-6-10-17/h3-11,19H,1,12-15H2,2H3,(H,23,27)(H,24,26). The Bertz CT molecular complexity index is 851. The second-order valence-corrected chi connectivity index (χ2v) is 6.68. The van der Waals surface area contributed by atoms with E-state index in [1.165, 1.54) is 0 Å². The van der Waals surface area contributed by atoms with Crippen molar-refractivity contribution in [1.82, 2.24) is 10.6 Å². The lowest BCUT2D eigenvalue weighted by Crippen LogP contribution is -2.54. The molecule has 0 fully saturated rings. The predicted octanol–water partition coefficient (Wildman–Crippen LogP) is 3.37. The Morgan fingerprint density at radius 1 is 1.25 bits per heavy atom. The van der Waals surface area contributed by atoms with E-state index in [1.54, 1.807) is 6.08 Å². The molecule has 2 N–H and O–H groups in total. The summed E-state index contributed by atoms with van der Waals surface area (Å²) < 4.78 is 5.22. The number of aryl methyl sites for hydroxylation is 1. The van der Waals surface area contributed by atoms with Gasteiger partial charge in [0.1, 0.15) is 12.8 Å². The van der Waals surface area contributed by atoms with Gasteiger partial charge in [0, 0.05) is 19.5 Å². The van der Waals surface area contributed by atoms with Gasteiger partial charge < -0.3 is 20.3 Å². The average Bonchev–Trinajstić information content (AvgIpc) is 2.70. The number of fused-ring (bicyclic) bond motifs is 1. The van der Waals surface area contributed by atoms with Crippen LogP contribution in [0.4, 0.5) is 10.5 Å². The average molecular weight is 379 g/mol. The molecule has 0 aliphatic carbocycles. The number of nitrogens with one attached hydrogen (secondary N) is 2. The Morgan fingerprint density at radius 3 is 2.79 bits per heavy atom. The molecule has 1 heterocycles. The fraction of sp³-hybridized carbons (Fsp3) is 0.273. The summed E-state index contributed by atoms with van der Waals surface area (Å²) in [5.74, 6) is -0.0925. The van der Waals surface area contributed by atoms with Crippen LogP contribution in [0.3, 0.4) is 0 Å². The number of carbonyl (C=O) groups is 2. The molecule has 146 valence electrons. The Labute approximate surface area is 165 Å². The normalized spacial score (nSPS) is 15.4. The minimum Gasteiger partial charge on any atom is -0.445 e. The van der Waals surface area contributed by atoms with E-state index in [0.29, 0.717) is 25.1 Å². The second kappa shape index (κ2) is 9.08. The first-order valence-electron chi connectivity index (χ1n) is 9.32. The predicted molar refractivity (Wildman–Crippen MR) is 109 cm³/mol. The van der Waals surface area contributed by atoms with Crippen molar-refractivity contribution < 1.29 is 14.3 Å². The number of rotatable bonds is 7. The van der Waals surface area contributed by atoms with E-state index >= 15 is 0 Å². The van der Waals surface area contributed by atoms with Crippen LogP contribution in [-0.2, 0) is 11.3 Å². The van der Waals surface area contributed by atoms with Crippen LogP contribution >= 0.6 is 0 Å². The molecule has 0 saturated carbocycles. The van der Waals surface area contributed by atoms with Crippen LogP contribution in [0.2, 0.25) is 0 Å². The quantitative estimate of drug-likeness (QED) is 0.724. The van der Waals surface area contributed by atoms with Crippen molar-refractivity contribution in [3.05, 3.63) is 77.9 Å².